The van der Waals surface area contributed by atoms with Gasteiger partial charge >= 0.3 is 0 Å². The Morgan fingerprint density at radius 3 is 2.62 bits per heavy atom. The number of nitrogens with zero attached hydrogens (tertiary/aromatic N) is 3. The van der Waals surface area contributed by atoms with Gasteiger partial charge < -0.3 is 4.74 Å². The molecular weight excluding hydrogens is 202 g/mol. The van der Waals surface area contributed by atoms with Crippen molar-refractivity contribution in [2.24, 2.45) is 10.2 Å². The van der Waals surface area contributed by atoms with Crippen molar-refractivity contribution in [1.29, 1.82) is 0 Å². The van der Waals surface area contributed by atoms with Crippen molar-refractivity contribution in [2.45, 2.75) is 0 Å². The quantitative estimate of drug-likeness (QED) is 0.732. The summed E-state index contributed by atoms with van der Waals surface area (Å²) in [5.41, 5.74) is 0.798. The summed E-state index contributed by atoms with van der Waals surface area (Å²) in [6, 6.07) is 13.0. The molecule has 0 aliphatic heterocycles. The Morgan fingerprint density at radius 1 is 1.06 bits per heavy atom. The van der Waals surface area contributed by atoms with E-state index < -0.39 is 0 Å². The lowest BCUT2D eigenvalue weighted by Crippen LogP contribution is -1.82. The highest BCUT2D eigenvalue weighted by Gasteiger charge is 1.94. The summed E-state index contributed by atoms with van der Waals surface area (Å²) in [4.78, 5) is 4.06. The lowest BCUT2D eigenvalue weighted by atomic mass is 10.3. The second kappa shape index (κ2) is 5.02. The number of azo groups is 1. The van der Waals surface area contributed by atoms with E-state index in [0.29, 0.717) is 5.82 Å². The Morgan fingerprint density at radius 2 is 1.88 bits per heavy atom. The summed E-state index contributed by atoms with van der Waals surface area (Å²) < 4.78 is 5.07. The Labute approximate surface area is 93.6 Å². The number of rotatable bonds is 3. The van der Waals surface area contributed by atoms with Crippen molar-refractivity contribution in [3.05, 3.63) is 48.7 Å². The normalized spacial score (nSPS) is 10.6. The first-order valence-electron chi connectivity index (χ1n) is 4.85. The molecule has 2 rings (SSSR count). The SMILES string of the molecule is COc1ccnc(N=Nc2ccccc2)c1. The third-order valence-electron chi connectivity index (χ3n) is 1.98. The Balaban J connectivity index is 2.17. The molecule has 80 valence electrons. The average molecular weight is 213 g/mol. The van der Waals surface area contributed by atoms with E-state index in [1.807, 2.05) is 30.3 Å². The third kappa shape index (κ3) is 2.63. The van der Waals surface area contributed by atoms with Crippen molar-refractivity contribution in [3.63, 3.8) is 0 Å². The molecule has 2 aromatic rings. The molecule has 0 atom stereocenters. The Kier molecular flexibility index (Phi) is 3.23. The highest BCUT2D eigenvalue weighted by molar-refractivity contribution is 5.38. The van der Waals surface area contributed by atoms with Crippen LogP contribution < -0.4 is 4.74 Å². The van der Waals surface area contributed by atoms with Gasteiger partial charge in [0.2, 0.25) is 0 Å². The van der Waals surface area contributed by atoms with Crippen molar-refractivity contribution in [1.82, 2.24) is 4.98 Å². The molecule has 0 N–H and O–H groups in total. The summed E-state index contributed by atoms with van der Waals surface area (Å²) in [7, 11) is 1.60. The fourth-order valence-electron chi connectivity index (χ4n) is 1.18. The van der Waals surface area contributed by atoms with Crippen molar-refractivity contribution < 1.29 is 4.74 Å². The zero-order valence-electron chi connectivity index (χ0n) is 8.87. The smallest absolute Gasteiger partial charge is 0.178 e. The van der Waals surface area contributed by atoms with Crippen LogP contribution in [0.15, 0.2) is 58.9 Å². The maximum atomic E-state index is 5.07. The molecule has 0 spiro atoms. The monoisotopic (exact) mass is 213 g/mol. The van der Waals surface area contributed by atoms with Gasteiger partial charge in [-0.25, -0.2) is 4.98 Å². The van der Waals surface area contributed by atoms with Gasteiger partial charge in [-0.2, -0.15) is 0 Å². The molecule has 0 bridgehead atoms. The van der Waals surface area contributed by atoms with Crippen LogP contribution in [0.1, 0.15) is 0 Å². The van der Waals surface area contributed by atoms with Gasteiger partial charge in [-0.05, 0) is 18.2 Å². The maximum Gasteiger partial charge on any atom is 0.178 e. The van der Waals surface area contributed by atoms with Crippen LogP contribution in [0.2, 0.25) is 0 Å². The number of methoxy groups -OCH3 is 1. The van der Waals surface area contributed by atoms with Crippen LogP contribution in [0.25, 0.3) is 0 Å². The topological polar surface area (TPSA) is 46.8 Å². The number of pyridine rings is 1. The number of benzene rings is 1. The highest BCUT2D eigenvalue weighted by Crippen LogP contribution is 2.19. The van der Waals surface area contributed by atoms with Crippen LogP contribution in [0.3, 0.4) is 0 Å². The lowest BCUT2D eigenvalue weighted by Gasteiger charge is -1.98. The van der Waals surface area contributed by atoms with Crippen molar-refractivity contribution >= 4 is 11.5 Å². The van der Waals surface area contributed by atoms with E-state index in [9.17, 15) is 0 Å². The first kappa shape index (κ1) is 10.3. The van der Waals surface area contributed by atoms with Gasteiger partial charge in [-0.3, -0.25) is 0 Å². The average Bonchev–Trinajstić information content (AvgIpc) is 2.38. The van der Waals surface area contributed by atoms with E-state index in [4.69, 9.17) is 4.74 Å². The minimum Gasteiger partial charge on any atom is -0.497 e. The molecule has 4 nitrogen and oxygen atoms in total. The first-order chi connectivity index (χ1) is 7.88. The number of ether oxygens (including phenoxy) is 1. The molecule has 1 aromatic heterocycles. The molecule has 1 aromatic carbocycles. The summed E-state index contributed by atoms with van der Waals surface area (Å²) in [5.74, 6) is 1.25. The largest absolute Gasteiger partial charge is 0.497 e. The number of hydrogen-bond donors (Lipinski definition) is 0. The van der Waals surface area contributed by atoms with Gasteiger partial charge in [0.05, 0.1) is 12.8 Å². The number of hydrogen-bond acceptors (Lipinski definition) is 4. The molecule has 16 heavy (non-hydrogen) atoms. The van der Waals surface area contributed by atoms with E-state index in [-0.39, 0.29) is 0 Å². The zero-order valence-corrected chi connectivity index (χ0v) is 8.87. The molecule has 0 radical (unpaired) electrons. The van der Waals surface area contributed by atoms with Crippen LogP contribution in [-0.2, 0) is 0 Å². The maximum absolute atomic E-state index is 5.07. The molecule has 4 heteroatoms. The second-order valence-corrected chi connectivity index (χ2v) is 3.09. The summed E-state index contributed by atoms with van der Waals surface area (Å²) in [6.07, 6.45) is 1.64. The lowest BCUT2D eigenvalue weighted by molar-refractivity contribution is 0.414. The summed E-state index contributed by atoms with van der Waals surface area (Å²) in [6.45, 7) is 0. The molecule has 0 fully saturated rings. The van der Waals surface area contributed by atoms with Crippen LogP contribution >= 0.6 is 0 Å². The first-order valence-corrected chi connectivity index (χ1v) is 4.85. The van der Waals surface area contributed by atoms with Crippen molar-refractivity contribution in [2.75, 3.05) is 7.11 Å². The standard InChI is InChI=1S/C12H11N3O/c1-16-11-7-8-13-12(9-11)15-14-10-5-3-2-4-6-10/h2-9H,1H3. The second-order valence-electron chi connectivity index (χ2n) is 3.09. The van der Waals surface area contributed by atoms with E-state index in [1.54, 1.807) is 25.4 Å². The minimum absolute atomic E-state index is 0.531. The van der Waals surface area contributed by atoms with Gasteiger partial charge in [0.15, 0.2) is 5.82 Å². The fraction of sp³-hybridized carbons (Fsp3) is 0.0833. The van der Waals surface area contributed by atoms with Crippen molar-refractivity contribution in [3.8, 4) is 5.75 Å². The Bertz CT molecular complexity index is 483. The van der Waals surface area contributed by atoms with E-state index in [0.717, 1.165) is 11.4 Å². The van der Waals surface area contributed by atoms with Crippen LogP contribution in [0.5, 0.6) is 5.75 Å². The van der Waals surface area contributed by atoms with Crippen LogP contribution in [0.4, 0.5) is 11.5 Å². The van der Waals surface area contributed by atoms with Gasteiger partial charge in [0.25, 0.3) is 0 Å². The van der Waals surface area contributed by atoms with Gasteiger partial charge in [-0.15, -0.1) is 10.2 Å². The molecule has 0 unspecified atom stereocenters. The van der Waals surface area contributed by atoms with Crippen LogP contribution in [-0.4, -0.2) is 12.1 Å². The molecule has 0 saturated heterocycles. The number of aromatic nitrogens is 1. The van der Waals surface area contributed by atoms with Gasteiger partial charge in [0.1, 0.15) is 5.75 Å². The molecule has 1 heterocycles. The zero-order chi connectivity index (χ0) is 11.2. The molecular formula is C12H11N3O. The minimum atomic E-state index is 0.531. The van der Waals surface area contributed by atoms with Gasteiger partial charge in [-0.1, -0.05) is 18.2 Å². The molecule has 0 aliphatic carbocycles. The van der Waals surface area contributed by atoms with Crippen LogP contribution in [0, 0.1) is 0 Å². The molecule has 0 saturated carbocycles. The third-order valence-corrected chi connectivity index (χ3v) is 1.98. The van der Waals surface area contributed by atoms with E-state index in [1.165, 1.54) is 0 Å². The van der Waals surface area contributed by atoms with E-state index in [2.05, 4.69) is 15.2 Å². The summed E-state index contributed by atoms with van der Waals surface area (Å²) >= 11 is 0. The summed E-state index contributed by atoms with van der Waals surface area (Å²) in [5, 5.41) is 8.08. The highest BCUT2D eigenvalue weighted by atomic mass is 16.5. The molecule has 0 aliphatic rings. The predicted octanol–water partition coefficient (Wildman–Crippen LogP) is 3.51. The predicted molar refractivity (Wildman–Crippen MR) is 61.4 cm³/mol. The Hall–Kier alpha value is -2.23. The molecule has 0 amide bonds. The van der Waals surface area contributed by atoms with Gasteiger partial charge in [0, 0.05) is 12.3 Å². The fourth-order valence-corrected chi connectivity index (χ4v) is 1.18. The van der Waals surface area contributed by atoms with E-state index >= 15 is 0 Å².